The molecule has 0 spiro atoms. The topological polar surface area (TPSA) is 170 Å². The van der Waals surface area contributed by atoms with Crippen molar-refractivity contribution in [2.45, 2.75) is 44.7 Å². The molecule has 1 saturated carbocycles. The molecule has 3 N–H and O–H groups in total. The number of benzene rings is 3. The van der Waals surface area contributed by atoms with Crippen molar-refractivity contribution < 1.29 is 43.6 Å². The summed E-state index contributed by atoms with van der Waals surface area (Å²) in [6.45, 7) is 2.94. The van der Waals surface area contributed by atoms with Crippen LogP contribution in [0, 0.1) is 12.8 Å². The van der Waals surface area contributed by atoms with E-state index in [0.29, 0.717) is 40.5 Å². The number of aromatic nitrogens is 2. The molecule has 1 aromatic heterocycles. The van der Waals surface area contributed by atoms with Gasteiger partial charge in [-0.1, -0.05) is 29.8 Å². The van der Waals surface area contributed by atoms with Crippen LogP contribution in [-0.2, 0) is 20.9 Å². The van der Waals surface area contributed by atoms with Crippen molar-refractivity contribution in [2.75, 3.05) is 31.8 Å². The number of methoxy groups -OCH3 is 1. The number of carbonyl (C=O) groups is 4. The number of anilines is 1. The van der Waals surface area contributed by atoms with Gasteiger partial charge in [0.1, 0.15) is 30.8 Å². The fraction of sp³-hybridized carbons (Fsp3) is 0.324. The smallest absolute Gasteiger partial charge is 0.414 e. The maximum Gasteiger partial charge on any atom is 0.414 e. The number of halogens is 1. The highest BCUT2D eigenvalue weighted by Crippen LogP contribution is 2.57. The van der Waals surface area contributed by atoms with Gasteiger partial charge in [0, 0.05) is 46.4 Å². The van der Waals surface area contributed by atoms with Crippen molar-refractivity contribution in [1.29, 1.82) is 0 Å². The molecule has 1 aliphatic carbocycles. The summed E-state index contributed by atoms with van der Waals surface area (Å²) in [6, 6.07) is 14.6. The van der Waals surface area contributed by atoms with Gasteiger partial charge in [0.05, 0.1) is 25.5 Å². The third kappa shape index (κ3) is 7.93. The minimum atomic E-state index is -1.36. The number of fused-ring (bicyclic) bond motifs is 3. The van der Waals surface area contributed by atoms with E-state index in [1.54, 1.807) is 40.0 Å². The Bertz CT molecular complexity index is 1980. The lowest BCUT2D eigenvalue weighted by atomic mass is 9.93. The molecule has 3 atom stereocenters. The summed E-state index contributed by atoms with van der Waals surface area (Å²) in [6.07, 6.45) is 3.51. The molecule has 0 radical (unpaired) electrons. The molecule has 2 aliphatic rings. The quantitative estimate of drug-likeness (QED) is 0.137. The summed E-state index contributed by atoms with van der Waals surface area (Å²) >= 11 is 6.18. The van der Waals surface area contributed by atoms with E-state index in [-0.39, 0.29) is 31.7 Å². The van der Waals surface area contributed by atoms with E-state index in [0.717, 1.165) is 34.4 Å². The summed E-state index contributed by atoms with van der Waals surface area (Å²) in [5.74, 6) is -1.34. The van der Waals surface area contributed by atoms with Gasteiger partial charge in [-0.25, -0.2) is 9.59 Å². The predicted molar refractivity (Wildman–Crippen MR) is 187 cm³/mol. The Hall–Kier alpha value is -5.56. The molecule has 266 valence electrons. The highest BCUT2D eigenvalue weighted by molar-refractivity contribution is 6.31. The molecule has 6 rings (SSSR count). The highest BCUT2D eigenvalue weighted by Gasteiger charge is 2.48. The number of carboxylic acids is 2. The molecular weight excluding hydrogens is 680 g/mol. The van der Waals surface area contributed by atoms with Crippen LogP contribution in [0.5, 0.6) is 11.5 Å². The number of nitrogens with zero attached hydrogens (tertiary/aromatic N) is 3. The van der Waals surface area contributed by atoms with Gasteiger partial charge in [-0.15, -0.1) is 0 Å². The fourth-order valence-electron chi connectivity index (χ4n) is 6.41. The van der Waals surface area contributed by atoms with Gasteiger partial charge in [-0.05, 0) is 79.1 Å². The van der Waals surface area contributed by atoms with Crippen LogP contribution < -0.4 is 19.7 Å². The number of carboxylic acid groups (broad SMARTS) is 2. The van der Waals surface area contributed by atoms with E-state index >= 15 is 0 Å². The van der Waals surface area contributed by atoms with Gasteiger partial charge >= 0.3 is 18.0 Å². The van der Waals surface area contributed by atoms with E-state index in [1.165, 1.54) is 13.2 Å². The molecule has 0 bridgehead atoms. The Labute approximate surface area is 298 Å². The van der Waals surface area contributed by atoms with Gasteiger partial charge in [0.25, 0.3) is 5.91 Å². The normalized spacial score (nSPS) is 16.3. The van der Waals surface area contributed by atoms with E-state index in [4.69, 9.17) is 30.9 Å². The average Bonchev–Trinajstić information content (AvgIpc) is 3.76. The summed E-state index contributed by atoms with van der Waals surface area (Å²) in [5.41, 5.74) is 5.33. The second kappa shape index (κ2) is 15.1. The molecule has 13 nitrogen and oxygen atoms in total. The van der Waals surface area contributed by atoms with Crippen LogP contribution >= 0.6 is 11.6 Å². The lowest BCUT2D eigenvalue weighted by Gasteiger charge is -2.29. The lowest BCUT2D eigenvalue weighted by molar-refractivity contribution is -0.140. The van der Waals surface area contributed by atoms with Crippen LogP contribution in [0.1, 0.15) is 52.2 Å². The van der Waals surface area contributed by atoms with Crippen molar-refractivity contribution in [2.24, 2.45) is 5.92 Å². The van der Waals surface area contributed by atoms with Crippen LogP contribution in [-0.4, -0.2) is 76.8 Å². The molecule has 0 unspecified atom stereocenters. The van der Waals surface area contributed by atoms with Gasteiger partial charge in [0.15, 0.2) is 0 Å². The first-order valence-corrected chi connectivity index (χ1v) is 16.8. The molecular formula is C37H37ClN4O9. The lowest BCUT2D eigenvalue weighted by Crippen LogP contribution is -2.41. The number of hydrogen-bond acceptors (Lipinski definition) is 8. The number of hydrogen-bond donors (Lipinski definition) is 3. The first-order chi connectivity index (χ1) is 24.5. The average molecular weight is 717 g/mol. The Kier molecular flexibility index (Phi) is 10.5. The van der Waals surface area contributed by atoms with Crippen LogP contribution in [0.2, 0.25) is 5.02 Å². The number of ether oxygens (including phenoxy) is 3. The first-order valence-electron chi connectivity index (χ1n) is 16.4. The highest BCUT2D eigenvalue weighted by atomic mass is 35.5. The second-order valence-corrected chi connectivity index (χ2v) is 12.9. The Balaban J connectivity index is 1.15. The van der Waals surface area contributed by atoms with Gasteiger partial charge in [-0.2, -0.15) is 5.10 Å². The number of carbonyl (C=O) groups excluding carboxylic acids is 2. The van der Waals surface area contributed by atoms with Crippen molar-refractivity contribution in [1.82, 2.24) is 15.1 Å². The maximum absolute atomic E-state index is 13.3. The Morgan fingerprint density at radius 3 is 2.63 bits per heavy atom. The van der Waals surface area contributed by atoms with E-state index in [2.05, 4.69) is 10.4 Å². The van der Waals surface area contributed by atoms with E-state index < -0.39 is 36.4 Å². The minimum Gasteiger partial charge on any atom is -0.496 e. The standard InChI is InChI=1S/C37H37ClN4O9/c1-21-28(38)6-4-8-31(21)50-13-14-51-37(48)42-20-23-16-27(23)34-26(5-3-7-30(34)42)25-17-39-41(19-25)18-24-15-22(9-11-32(24)49-2)35(45)40-29(36(46)47)10-12-33(43)44/h3-9,11,15,17,19,23,27,29H,10,12-14,16,18,20H2,1-2H3,(H,40,45)(H,43,44)(H,46,47)/t23-,27-,29-/m0/s1. The van der Waals surface area contributed by atoms with Crippen LogP contribution in [0.15, 0.2) is 67.0 Å². The zero-order valence-corrected chi connectivity index (χ0v) is 28.8. The first kappa shape index (κ1) is 35.3. The molecule has 4 aromatic rings. The Morgan fingerprint density at radius 1 is 1.06 bits per heavy atom. The van der Waals surface area contributed by atoms with Gasteiger partial charge in [-0.3, -0.25) is 19.2 Å². The van der Waals surface area contributed by atoms with Gasteiger partial charge in [0.2, 0.25) is 0 Å². The molecule has 14 heteroatoms. The van der Waals surface area contributed by atoms with Crippen molar-refractivity contribution in [3.05, 3.63) is 94.3 Å². The molecule has 1 aliphatic heterocycles. The van der Waals surface area contributed by atoms with Crippen molar-refractivity contribution in [3.8, 4) is 22.6 Å². The molecule has 2 heterocycles. The third-order valence-corrected chi connectivity index (χ3v) is 9.57. The monoisotopic (exact) mass is 716 g/mol. The molecule has 51 heavy (non-hydrogen) atoms. The number of rotatable bonds is 14. The summed E-state index contributed by atoms with van der Waals surface area (Å²) < 4.78 is 18.7. The SMILES string of the molecule is COc1ccc(C(=O)N[C@@H](CCC(=O)O)C(=O)O)cc1Cn1cc(-c2cccc3c2[C@H]2C[C@H]2CN3C(=O)OCCOc2cccc(Cl)c2C)cn1. The molecule has 2 amide bonds. The number of aliphatic carboxylic acids is 2. The van der Waals surface area contributed by atoms with E-state index in [1.807, 2.05) is 37.4 Å². The predicted octanol–water partition coefficient (Wildman–Crippen LogP) is 5.76. The summed E-state index contributed by atoms with van der Waals surface area (Å²) in [4.78, 5) is 50.5. The molecule has 0 saturated heterocycles. The van der Waals surface area contributed by atoms with Crippen LogP contribution in [0.4, 0.5) is 10.5 Å². The second-order valence-electron chi connectivity index (χ2n) is 12.5. The largest absolute Gasteiger partial charge is 0.496 e. The maximum atomic E-state index is 13.3. The molecule has 3 aromatic carbocycles. The Morgan fingerprint density at radius 2 is 1.86 bits per heavy atom. The minimum absolute atomic E-state index is 0.0777. The van der Waals surface area contributed by atoms with Crippen molar-refractivity contribution >= 4 is 41.2 Å². The van der Waals surface area contributed by atoms with E-state index in [9.17, 15) is 24.3 Å². The van der Waals surface area contributed by atoms with Gasteiger partial charge < -0.3 is 29.7 Å². The van der Waals surface area contributed by atoms with Crippen LogP contribution in [0.25, 0.3) is 11.1 Å². The molecule has 1 fully saturated rings. The van der Waals surface area contributed by atoms with Crippen molar-refractivity contribution in [3.63, 3.8) is 0 Å². The number of nitrogens with one attached hydrogen (secondary N) is 1. The zero-order chi connectivity index (χ0) is 36.2. The zero-order valence-electron chi connectivity index (χ0n) is 28.0. The van der Waals surface area contributed by atoms with Crippen LogP contribution in [0.3, 0.4) is 0 Å². The fourth-order valence-corrected chi connectivity index (χ4v) is 6.58. The summed E-state index contributed by atoms with van der Waals surface area (Å²) in [7, 11) is 1.51. The third-order valence-electron chi connectivity index (χ3n) is 9.16. The number of amides is 2. The summed E-state index contributed by atoms with van der Waals surface area (Å²) in [5, 5.41) is 26.0.